The van der Waals surface area contributed by atoms with Crippen molar-refractivity contribution in [3.63, 3.8) is 0 Å². The highest BCUT2D eigenvalue weighted by Crippen LogP contribution is 2.36. The molecule has 0 saturated heterocycles. The van der Waals surface area contributed by atoms with Gasteiger partial charge in [-0.2, -0.15) is 0 Å². The van der Waals surface area contributed by atoms with E-state index in [9.17, 15) is 5.11 Å². The van der Waals surface area contributed by atoms with E-state index in [2.05, 4.69) is 21.2 Å². The molecule has 0 saturated carbocycles. The van der Waals surface area contributed by atoms with E-state index in [1.54, 1.807) is 19.2 Å². The van der Waals surface area contributed by atoms with Crippen molar-refractivity contribution in [2.45, 2.75) is 18.6 Å². The third-order valence-electron chi connectivity index (χ3n) is 5.00. The minimum atomic E-state index is -0.249. The maximum atomic E-state index is 10.5. The van der Waals surface area contributed by atoms with Crippen molar-refractivity contribution >= 4 is 33.2 Å². The average Bonchev–Trinajstić information content (AvgIpc) is 2.75. The average molecular weight is 472 g/mol. The summed E-state index contributed by atoms with van der Waals surface area (Å²) in [5.41, 5.74) is 3.74. The first-order valence-electron chi connectivity index (χ1n) is 9.24. The molecule has 0 fully saturated rings. The van der Waals surface area contributed by atoms with E-state index < -0.39 is 0 Å². The number of methoxy groups -OCH3 is 1. The Balaban J connectivity index is 1.77. The fraction of sp³-hybridized carbons (Fsp3) is 0.174. The minimum Gasteiger partial charge on any atom is -0.508 e. The molecule has 0 spiro atoms. The van der Waals surface area contributed by atoms with Crippen molar-refractivity contribution < 1.29 is 9.84 Å². The summed E-state index contributed by atoms with van der Waals surface area (Å²) in [4.78, 5) is 4.98. The normalized spacial score (nSPS) is 18.9. The van der Waals surface area contributed by atoms with Gasteiger partial charge >= 0.3 is 0 Å². The van der Waals surface area contributed by atoms with Gasteiger partial charge in [-0.3, -0.25) is 10.3 Å². The lowest BCUT2D eigenvalue weighted by molar-refractivity contribution is 0.411. The predicted molar refractivity (Wildman–Crippen MR) is 120 cm³/mol. The van der Waals surface area contributed by atoms with Crippen molar-refractivity contribution in [2.75, 3.05) is 7.11 Å². The summed E-state index contributed by atoms with van der Waals surface area (Å²) < 4.78 is 6.40. The van der Waals surface area contributed by atoms with E-state index in [4.69, 9.17) is 21.3 Å². The van der Waals surface area contributed by atoms with Crippen molar-refractivity contribution in [1.82, 2.24) is 5.32 Å². The zero-order valence-electron chi connectivity index (χ0n) is 15.8. The number of nitrogens with one attached hydrogen (secondary N) is 1. The molecule has 3 aromatic rings. The fourth-order valence-corrected chi connectivity index (χ4v) is 3.95. The molecule has 0 aliphatic carbocycles. The van der Waals surface area contributed by atoms with E-state index >= 15 is 0 Å². The lowest BCUT2D eigenvalue weighted by Gasteiger charge is -2.31. The summed E-state index contributed by atoms with van der Waals surface area (Å²) in [7, 11) is 1.65. The number of halogens is 2. The second kappa shape index (κ2) is 8.57. The molecular formula is C23H20BrClN2O2. The number of hydrogen-bond donors (Lipinski definition) is 2. The summed E-state index contributed by atoms with van der Waals surface area (Å²) in [6.07, 6.45) is 0.370. The molecule has 1 heterocycles. The van der Waals surface area contributed by atoms with Crippen LogP contribution < -0.4 is 10.1 Å². The number of nitrogens with zero attached hydrogens (tertiary/aromatic N) is 1. The standard InChI is InChI=1S/C23H20BrClN2O2/c1-29-18-4-2-3-15(11-18)20-13-21(19-12-17(25)9-10-22(19)28)27-23(26-20)14-5-7-16(24)8-6-14/h2-12,21,23,27-28H,13H2,1H3/t21-,23-/m1/s1. The molecule has 4 nitrogen and oxygen atoms in total. The summed E-state index contributed by atoms with van der Waals surface area (Å²) in [6.45, 7) is 0. The minimum absolute atomic E-state index is 0.138. The van der Waals surface area contributed by atoms with E-state index in [0.717, 1.165) is 32.6 Å². The van der Waals surface area contributed by atoms with E-state index in [-0.39, 0.29) is 18.0 Å². The first-order chi connectivity index (χ1) is 14.0. The van der Waals surface area contributed by atoms with Gasteiger partial charge in [-0.05, 0) is 53.6 Å². The number of rotatable bonds is 4. The monoisotopic (exact) mass is 470 g/mol. The molecule has 1 aliphatic heterocycles. The first kappa shape index (κ1) is 20.0. The Morgan fingerprint density at radius 3 is 2.66 bits per heavy atom. The molecular weight excluding hydrogens is 452 g/mol. The number of ether oxygens (including phenoxy) is 1. The Hall–Kier alpha value is -2.34. The van der Waals surface area contributed by atoms with Crippen LogP contribution in [0.2, 0.25) is 5.02 Å². The van der Waals surface area contributed by atoms with Crippen LogP contribution >= 0.6 is 27.5 Å². The van der Waals surface area contributed by atoms with Crippen LogP contribution in [0.3, 0.4) is 0 Å². The maximum absolute atomic E-state index is 10.5. The van der Waals surface area contributed by atoms with Crippen LogP contribution in [0.15, 0.2) is 76.2 Å². The van der Waals surface area contributed by atoms with Crippen LogP contribution in [0.4, 0.5) is 0 Å². The maximum Gasteiger partial charge on any atom is 0.126 e. The second-order valence-corrected chi connectivity index (χ2v) is 8.24. The zero-order valence-corrected chi connectivity index (χ0v) is 18.1. The third kappa shape index (κ3) is 4.47. The highest BCUT2D eigenvalue weighted by atomic mass is 79.9. The predicted octanol–water partition coefficient (Wildman–Crippen LogP) is 6.04. The summed E-state index contributed by atoms with van der Waals surface area (Å²) >= 11 is 9.69. The van der Waals surface area contributed by atoms with Gasteiger partial charge in [-0.1, -0.05) is 51.8 Å². The van der Waals surface area contributed by atoms with Gasteiger partial charge in [-0.15, -0.1) is 0 Å². The smallest absolute Gasteiger partial charge is 0.126 e. The summed E-state index contributed by atoms with van der Waals surface area (Å²) in [6, 6.07) is 20.9. The molecule has 3 aromatic carbocycles. The molecule has 4 rings (SSSR count). The summed E-state index contributed by atoms with van der Waals surface area (Å²) in [5, 5.41) is 14.6. The van der Waals surface area contributed by atoms with Gasteiger partial charge in [0.15, 0.2) is 0 Å². The quantitative estimate of drug-likeness (QED) is 0.488. The van der Waals surface area contributed by atoms with Gasteiger partial charge in [0, 0.05) is 33.2 Å². The molecule has 148 valence electrons. The number of aliphatic imine (C=N–C) groups is 1. The largest absolute Gasteiger partial charge is 0.508 e. The highest BCUT2D eigenvalue weighted by molar-refractivity contribution is 9.10. The molecule has 2 N–H and O–H groups in total. The molecule has 0 bridgehead atoms. The number of phenolic OH excluding ortho intramolecular Hbond substituents is 1. The number of hydrogen-bond acceptors (Lipinski definition) is 4. The van der Waals surface area contributed by atoms with E-state index in [1.165, 1.54) is 0 Å². The molecule has 6 heteroatoms. The van der Waals surface area contributed by atoms with Crippen molar-refractivity contribution in [3.05, 3.63) is 92.9 Å². The van der Waals surface area contributed by atoms with Crippen LogP contribution in [-0.2, 0) is 0 Å². The topological polar surface area (TPSA) is 53.8 Å². The zero-order chi connectivity index (χ0) is 20.4. The Bertz CT molecular complexity index is 1050. The Labute approximate surface area is 183 Å². The number of aromatic hydroxyl groups is 1. The van der Waals surface area contributed by atoms with E-state index in [1.807, 2.05) is 54.6 Å². The molecule has 1 aliphatic rings. The Morgan fingerprint density at radius 1 is 1.10 bits per heavy atom. The van der Waals surface area contributed by atoms with Crippen LogP contribution in [-0.4, -0.2) is 17.9 Å². The van der Waals surface area contributed by atoms with E-state index in [0.29, 0.717) is 11.4 Å². The van der Waals surface area contributed by atoms with Crippen molar-refractivity contribution in [3.8, 4) is 11.5 Å². The first-order valence-corrected chi connectivity index (χ1v) is 10.4. The third-order valence-corrected chi connectivity index (χ3v) is 5.76. The van der Waals surface area contributed by atoms with Crippen LogP contribution in [0, 0.1) is 0 Å². The Morgan fingerprint density at radius 2 is 1.90 bits per heavy atom. The number of benzene rings is 3. The number of phenols is 1. The molecule has 29 heavy (non-hydrogen) atoms. The molecule has 0 aromatic heterocycles. The van der Waals surface area contributed by atoms with Crippen LogP contribution in [0.25, 0.3) is 0 Å². The van der Waals surface area contributed by atoms with Gasteiger partial charge in [0.1, 0.15) is 17.7 Å². The fourth-order valence-electron chi connectivity index (χ4n) is 3.50. The SMILES string of the molecule is COc1cccc(C2=N[C@@H](c3ccc(Br)cc3)N[C@@H](c3cc(Cl)ccc3O)C2)c1. The Kier molecular flexibility index (Phi) is 5.90. The molecule has 0 unspecified atom stereocenters. The van der Waals surface area contributed by atoms with Crippen LogP contribution in [0.1, 0.15) is 35.3 Å². The molecule has 0 amide bonds. The van der Waals surface area contributed by atoms with Crippen molar-refractivity contribution in [2.24, 2.45) is 4.99 Å². The van der Waals surface area contributed by atoms with Crippen molar-refractivity contribution in [1.29, 1.82) is 0 Å². The van der Waals surface area contributed by atoms with Crippen LogP contribution in [0.5, 0.6) is 11.5 Å². The highest BCUT2D eigenvalue weighted by Gasteiger charge is 2.28. The molecule has 2 atom stereocenters. The van der Waals surface area contributed by atoms with Gasteiger partial charge in [0.05, 0.1) is 7.11 Å². The second-order valence-electron chi connectivity index (χ2n) is 6.89. The summed E-state index contributed by atoms with van der Waals surface area (Å²) in [5.74, 6) is 0.999. The van der Waals surface area contributed by atoms with Gasteiger partial charge in [-0.25, -0.2) is 0 Å². The van der Waals surface area contributed by atoms with Gasteiger partial charge in [0.2, 0.25) is 0 Å². The van der Waals surface area contributed by atoms with Gasteiger partial charge in [0.25, 0.3) is 0 Å². The van der Waals surface area contributed by atoms with Gasteiger partial charge < -0.3 is 9.84 Å². The lowest BCUT2D eigenvalue weighted by Crippen LogP contribution is -2.33. The molecule has 0 radical (unpaired) electrons. The lowest BCUT2D eigenvalue weighted by atomic mass is 9.93.